The van der Waals surface area contributed by atoms with E-state index in [1.807, 2.05) is 18.2 Å². The van der Waals surface area contributed by atoms with E-state index in [0.717, 1.165) is 32.4 Å². The number of hydrogen-bond donors (Lipinski definition) is 2. The number of aryl methyl sites for hydroxylation is 1. The molecule has 0 aliphatic carbocycles. The zero-order valence-corrected chi connectivity index (χ0v) is 15.8. The van der Waals surface area contributed by atoms with Crippen molar-refractivity contribution in [1.82, 2.24) is 25.5 Å². The second kappa shape index (κ2) is 8.06. The van der Waals surface area contributed by atoms with E-state index in [4.69, 9.17) is 0 Å². The maximum Gasteiger partial charge on any atom is 0.325 e. The Morgan fingerprint density at radius 3 is 2.61 bits per heavy atom. The second-order valence-corrected chi connectivity index (χ2v) is 7.50. The van der Waals surface area contributed by atoms with Gasteiger partial charge in [0.1, 0.15) is 5.54 Å². The molecular weight excluding hydrogens is 354 g/mol. The molecule has 2 aliphatic rings. The molecule has 0 bridgehead atoms. The number of amides is 3. The van der Waals surface area contributed by atoms with Crippen LogP contribution in [0.4, 0.5) is 4.79 Å². The maximum atomic E-state index is 13.5. The minimum Gasteiger partial charge on any atom is -0.323 e. The highest BCUT2D eigenvalue weighted by Gasteiger charge is 2.55. The molecule has 28 heavy (non-hydrogen) atoms. The Morgan fingerprint density at radius 1 is 1.11 bits per heavy atom. The summed E-state index contributed by atoms with van der Waals surface area (Å²) in [7, 11) is 0. The molecule has 1 aromatic carbocycles. The summed E-state index contributed by atoms with van der Waals surface area (Å²) in [5.74, 6) is -0.00764. The Balaban J connectivity index is 1.59. The van der Waals surface area contributed by atoms with E-state index in [-0.39, 0.29) is 24.4 Å². The average Bonchev–Trinajstić information content (AvgIpc) is 2.99. The van der Waals surface area contributed by atoms with Crippen LogP contribution in [-0.2, 0) is 17.8 Å². The summed E-state index contributed by atoms with van der Waals surface area (Å²) in [5, 5.41) is 6.44. The largest absolute Gasteiger partial charge is 0.325 e. The van der Waals surface area contributed by atoms with Crippen LogP contribution in [0, 0.1) is 5.92 Å². The van der Waals surface area contributed by atoms with E-state index in [9.17, 15) is 9.59 Å². The van der Waals surface area contributed by atoms with Gasteiger partial charge in [-0.1, -0.05) is 30.3 Å². The molecule has 2 saturated heterocycles. The lowest BCUT2D eigenvalue weighted by Crippen LogP contribution is -2.56. The highest BCUT2D eigenvalue weighted by Crippen LogP contribution is 2.36. The summed E-state index contributed by atoms with van der Waals surface area (Å²) in [5.41, 5.74) is 0.928. The Kier molecular flexibility index (Phi) is 5.34. The third-order valence-electron chi connectivity index (χ3n) is 5.83. The number of nitrogens with zero attached hydrogens (tertiary/aromatic N) is 3. The van der Waals surface area contributed by atoms with E-state index in [1.165, 1.54) is 10.5 Å². The van der Waals surface area contributed by atoms with Gasteiger partial charge in [-0.25, -0.2) is 4.79 Å². The molecule has 7 heteroatoms. The monoisotopic (exact) mass is 379 g/mol. The van der Waals surface area contributed by atoms with Crippen LogP contribution in [-0.4, -0.2) is 45.4 Å². The molecule has 146 valence electrons. The lowest BCUT2D eigenvalue weighted by molar-refractivity contribution is -0.134. The number of hydrogen-bond acceptors (Lipinski definition) is 5. The van der Waals surface area contributed by atoms with Crippen LogP contribution in [0.1, 0.15) is 30.5 Å². The highest BCUT2D eigenvalue weighted by atomic mass is 16.2. The molecule has 0 radical (unpaired) electrons. The van der Waals surface area contributed by atoms with Crippen LogP contribution in [0.15, 0.2) is 48.9 Å². The van der Waals surface area contributed by atoms with Crippen LogP contribution in [0.2, 0.25) is 0 Å². The van der Waals surface area contributed by atoms with Crippen LogP contribution in [0.5, 0.6) is 0 Å². The molecule has 3 amide bonds. The maximum absolute atomic E-state index is 13.5. The van der Waals surface area contributed by atoms with Crippen molar-refractivity contribution >= 4 is 11.9 Å². The Hall–Kier alpha value is -2.80. The molecule has 0 spiro atoms. The summed E-state index contributed by atoms with van der Waals surface area (Å²) >= 11 is 0. The predicted molar refractivity (Wildman–Crippen MR) is 104 cm³/mol. The molecule has 3 heterocycles. The zero-order chi connectivity index (χ0) is 19.4. The first-order valence-electron chi connectivity index (χ1n) is 9.83. The van der Waals surface area contributed by atoms with Crippen molar-refractivity contribution in [2.75, 3.05) is 13.1 Å². The van der Waals surface area contributed by atoms with Crippen LogP contribution in [0.3, 0.4) is 0 Å². The molecule has 0 saturated carbocycles. The first-order valence-corrected chi connectivity index (χ1v) is 9.83. The normalized spacial score (nSPS) is 23.1. The molecule has 1 atom stereocenters. The Morgan fingerprint density at radius 2 is 1.89 bits per heavy atom. The molecule has 7 nitrogen and oxygen atoms in total. The van der Waals surface area contributed by atoms with Crippen LogP contribution < -0.4 is 10.6 Å². The number of nitrogens with one attached hydrogen (secondary N) is 2. The van der Waals surface area contributed by atoms with Crippen LogP contribution in [0.25, 0.3) is 0 Å². The number of imide groups is 1. The number of rotatable bonds is 6. The molecular formula is C21H25N5O2. The first-order chi connectivity index (χ1) is 13.7. The van der Waals surface area contributed by atoms with Crippen molar-refractivity contribution in [3.63, 3.8) is 0 Å². The summed E-state index contributed by atoms with van der Waals surface area (Å²) in [6, 6.07) is 9.78. The fourth-order valence-electron chi connectivity index (χ4n) is 4.31. The fourth-order valence-corrected chi connectivity index (χ4v) is 4.31. The van der Waals surface area contributed by atoms with E-state index in [2.05, 4.69) is 32.7 Å². The van der Waals surface area contributed by atoms with Gasteiger partial charge in [-0.05, 0) is 50.3 Å². The average molecular weight is 379 g/mol. The van der Waals surface area contributed by atoms with Gasteiger partial charge in [0, 0.05) is 12.4 Å². The SMILES string of the molecule is O=C1N[C@](CCc2ccccc2)(C2CCNCC2)C(=O)N1Cc1cnccn1. The number of piperidine rings is 1. The van der Waals surface area contributed by atoms with Gasteiger partial charge in [0.05, 0.1) is 18.4 Å². The summed E-state index contributed by atoms with van der Waals surface area (Å²) in [4.78, 5) is 35.9. The minimum absolute atomic E-state index is 0.126. The number of urea groups is 1. The smallest absolute Gasteiger partial charge is 0.323 e. The molecule has 1 aromatic heterocycles. The van der Waals surface area contributed by atoms with Gasteiger partial charge >= 0.3 is 6.03 Å². The molecule has 2 fully saturated rings. The highest BCUT2D eigenvalue weighted by molar-refractivity contribution is 6.07. The molecule has 2 aromatic rings. The minimum atomic E-state index is -0.850. The van der Waals surface area contributed by atoms with Crippen molar-refractivity contribution in [3.05, 3.63) is 60.2 Å². The van der Waals surface area contributed by atoms with Gasteiger partial charge in [0.15, 0.2) is 0 Å². The van der Waals surface area contributed by atoms with E-state index >= 15 is 0 Å². The van der Waals surface area contributed by atoms with Gasteiger partial charge in [0.2, 0.25) is 0 Å². The van der Waals surface area contributed by atoms with Gasteiger partial charge in [0.25, 0.3) is 5.91 Å². The van der Waals surface area contributed by atoms with Crippen molar-refractivity contribution in [2.45, 2.75) is 37.8 Å². The van der Waals surface area contributed by atoms with E-state index < -0.39 is 5.54 Å². The molecule has 4 rings (SSSR count). The number of carbonyl (C=O) groups excluding carboxylic acids is 2. The number of aromatic nitrogens is 2. The third-order valence-corrected chi connectivity index (χ3v) is 5.83. The van der Waals surface area contributed by atoms with E-state index in [1.54, 1.807) is 18.6 Å². The van der Waals surface area contributed by atoms with Gasteiger partial charge in [-0.15, -0.1) is 0 Å². The van der Waals surface area contributed by atoms with Gasteiger partial charge < -0.3 is 10.6 Å². The summed E-state index contributed by atoms with van der Waals surface area (Å²) in [6.45, 7) is 1.88. The van der Waals surface area contributed by atoms with Crippen molar-refractivity contribution in [3.8, 4) is 0 Å². The quantitative estimate of drug-likeness (QED) is 0.749. The third kappa shape index (κ3) is 3.62. The lowest BCUT2D eigenvalue weighted by Gasteiger charge is -2.38. The summed E-state index contributed by atoms with van der Waals surface area (Å²) in [6.07, 6.45) is 7.84. The van der Waals surface area contributed by atoms with Crippen molar-refractivity contribution < 1.29 is 9.59 Å². The number of benzene rings is 1. The van der Waals surface area contributed by atoms with Crippen molar-refractivity contribution in [1.29, 1.82) is 0 Å². The molecule has 2 aliphatic heterocycles. The van der Waals surface area contributed by atoms with E-state index in [0.29, 0.717) is 12.1 Å². The van der Waals surface area contributed by atoms with Crippen molar-refractivity contribution in [2.24, 2.45) is 5.92 Å². The first kappa shape index (κ1) is 18.6. The zero-order valence-electron chi connectivity index (χ0n) is 15.8. The standard InChI is InChI=1S/C21H25N5O2/c27-19-21(17-7-10-22-11-8-17,9-6-16-4-2-1-3-5-16)25-20(28)26(19)15-18-14-23-12-13-24-18/h1-5,12-14,17,22H,6-11,15H2,(H,25,28)/t21-/m1/s1. The Labute approximate surface area is 164 Å². The lowest BCUT2D eigenvalue weighted by atomic mass is 9.74. The number of carbonyl (C=O) groups is 2. The molecule has 2 N–H and O–H groups in total. The topological polar surface area (TPSA) is 87.2 Å². The fraction of sp³-hybridized carbons (Fsp3) is 0.429. The predicted octanol–water partition coefficient (Wildman–Crippen LogP) is 1.90. The second-order valence-electron chi connectivity index (χ2n) is 7.50. The Bertz CT molecular complexity index is 823. The molecule has 0 unspecified atom stereocenters. The van der Waals surface area contributed by atoms with Gasteiger partial charge in [-0.2, -0.15) is 0 Å². The van der Waals surface area contributed by atoms with Gasteiger partial charge in [-0.3, -0.25) is 19.7 Å². The summed E-state index contributed by atoms with van der Waals surface area (Å²) < 4.78 is 0. The van der Waals surface area contributed by atoms with Crippen LogP contribution >= 0.6 is 0 Å².